The van der Waals surface area contributed by atoms with Crippen molar-refractivity contribution in [1.29, 1.82) is 0 Å². The summed E-state index contributed by atoms with van der Waals surface area (Å²) >= 11 is 0. The minimum atomic E-state index is -0.840. The van der Waals surface area contributed by atoms with E-state index in [0.29, 0.717) is 19.4 Å². The number of aliphatic hydroxyl groups is 2. The largest absolute Gasteiger partial charge is 0.466 e. The van der Waals surface area contributed by atoms with Crippen molar-refractivity contribution in [3.05, 3.63) is 24.3 Å². The normalized spacial score (nSPS) is 12.6. The third-order valence-corrected chi connectivity index (χ3v) is 17.5. The minimum absolute atomic E-state index is 0.0137. The topological polar surface area (TPSA) is 95.9 Å². The molecule has 0 heterocycles. The molecule has 0 spiro atoms. The third-order valence-electron chi connectivity index (χ3n) is 17.5. The number of allylic oxidation sites excluding steroid dienone is 3. The molecule has 3 N–H and O–H groups in total. The number of amides is 1. The molecule has 0 aromatic rings. The maximum absolute atomic E-state index is 12.5. The summed E-state index contributed by atoms with van der Waals surface area (Å²) in [7, 11) is 0. The van der Waals surface area contributed by atoms with E-state index in [1.54, 1.807) is 6.08 Å². The lowest BCUT2D eigenvalue weighted by Gasteiger charge is -2.20. The van der Waals surface area contributed by atoms with Gasteiger partial charge in [-0.15, -0.1) is 0 Å². The van der Waals surface area contributed by atoms with Gasteiger partial charge >= 0.3 is 5.97 Å². The summed E-state index contributed by atoms with van der Waals surface area (Å²) < 4.78 is 5.49. The van der Waals surface area contributed by atoms with Crippen LogP contribution in [0.1, 0.15) is 418 Å². The highest BCUT2D eigenvalue weighted by molar-refractivity contribution is 5.76. The van der Waals surface area contributed by atoms with Crippen LogP contribution in [0.4, 0.5) is 0 Å². The quantitative estimate of drug-likeness (QED) is 0.0320. The van der Waals surface area contributed by atoms with E-state index < -0.39 is 12.1 Å². The Bertz CT molecular complexity index is 1270. The first-order chi connectivity index (χ1) is 40.0. The van der Waals surface area contributed by atoms with Crippen LogP contribution in [-0.4, -0.2) is 47.4 Å². The zero-order valence-corrected chi connectivity index (χ0v) is 55.0. The number of rotatable bonds is 70. The van der Waals surface area contributed by atoms with Crippen molar-refractivity contribution >= 4 is 11.9 Å². The highest BCUT2D eigenvalue weighted by Gasteiger charge is 2.18. The van der Waals surface area contributed by atoms with Gasteiger partial charge in [0.2, 0.25) is 5.91 Å². The van der Waals surface area contributed by atoms with Gasteiger partial charge in [-0.05, 0) is 57.8 Å². The lowest BCUT2D eigenvalue weighted by molar-refractivity contribution is -0.143. The molecule has 0 aliphatic heterocycles. The summed E-state index contributed by atoms with van der Waals surface area (Å²) in [6.45, 7) is 4.92. The first kappa shape index (κ1) is 79.3. The third kappa shape index (κ3) is 67.3. The van der Waals surface area contributed by atoms with Gasteiger partial charge in [0, 0.05) is 12.8 Å². The van der Waals surface area contributed by atoms with Crippen LogP contribution in [0, 0.1) is 0 Å². The number of aliphatic hydroxyl groups excluding tert-OH is 2. The second-order valence-electron chi connectivity index (χ2n) is 25.6. The molecule has 1 amide bonds. The fraction of sp³-hybridized carbons (Fsp3) is 0.920. The molecule has 0 radical (unpaired) electrons. The fourth-order valence-corrected chi connectivity index (χ4v) is 11.8. The Labute approximate surface area is 507 Å². The molecule has 6 heteroatoms. The number of esters is 1. The second-order valence-corrected chi connectivity index (χ2v) is 25.6. The molecule has 0 aliphatic carbocycles. The van der Waals surface area contributed by atoms with E-state index in [1.165, 1.54) is 347 Å². The molecule has 0 saturated heterocycles. The molecule has 0 aromatic heterocycles. The molecule has 0 fully saturated rings. The molecule has 0 aromatic carbocycles. The van der Waals surface area contributed by atoms with Gasteiger partial charge in [0.15, 0.2) is 0 Å². The Balaban J connectivity index is 3.32. The van der Waals surface area contributed by atoms with Gasteiger partial charge < -0.3 is 20.3 Å². The van der Waals surface area contributed by atoms with Crippen molar-refractivity contribution in [1.82, 2.24) is 5.32 Å². The van der Waals surface area contributed by atoms with Gasteiger partial charge in [-0.25, -0.2) is 0 Å². The molecular weight excluding hydrogens is 995 g/mol. The summed E-state index contributed by atoms with van der Waals surface area (Å²) in [5.41, 5.74) is 0. The van der Waals surface area contributed by atoms with Crippen molar-refractivity contribution < 1.29 is 24.5 Å². The first-order valence-corrected chi connectivity index (χ1v) is 37.1. The molecule has 2 atom stereocenters. The Morgan fingerprint density at radius 1 is 0.333 bits per heavy atom. The number of ether oxygens (including phenoxy) is 1. The van der Waals surface area contributed by atoms with Crippen LogP contribution < -0.4 is 5.32 Å². The van der Waals surface area contributed by atoms with E-state index in [4.69, 9.17) is 4.74 Å². The van der Waals surface area contributed by atoms with E-state index >= 15 is 0 Å². The summed E-state index contributed by atoms with van der Waals surface area (Å²) in [6, 6.07) is -0.623. The van der Waals surface area contributed by atoms with Crippen LogP contribution in [0.25, 0.3) is 0 Å². The minimum Gasteiger partial charge on any atom is -0.466 e. The number of nitrogens with one attached hydrogen (secondary N) is 1. The molecule has 480 valence electrons. The SMILES string of the molecule is CCCCCC/C=C\CCCCCCCC(=O)OCCCCCCCCCCCCCCCCCCCCCCCCCCCCCCCCCCCCCC(=O)NC(CO)C(O)/C=C/CCCCCCCCCCCCCCCC. The summed E-state index contributed by atoms with van der Waals surface area (Å²) in [5, 5.41) is 23.2. The maximum Gasteiger partial charge on any atom is 0.305 e. The van der Waals surface area contributed by atoms with Gasteiger partial charge in [-0.3, -0.25) is 9.59 Å². The summed E-state index contributed by atoms with van der Waals surface area (Å²) in [6.07, 6.45) is 90.0. The number of carbonyl (C=O) groups is 2. The molecule has 6 nitrogen and oxygen atoms in total. The summed E-state index contributed by atoms with van der Waals surface area (Å²) in [5.74, 6) is -0.0459. The van der Waals surface area contributed by atoms with E-state index in [-0.39, 0.29) is 18.5 Å². The Kier molecular flexibility index (Phi) is 69.4. The molecule has 2 unspecified atom stereocenters. The van der Waals surface area contributed by atoms with Crippen LogP contribution in [0.5, 0.6) is 0 Å². The van der Waals surface area contributed by atoms with E-state index in [9.17, 15) is 19.8 Å². The van der Waals surface area contributed by atoms with Crippen molar-refractivity contribution in [2.45, 2.75) is 431 Å². The fourth-order valence-electron chi connectivity index (χ4n) is 11.8. The van der Waals surface area contributed by atoms with Crippen molar-refractivity contribution in [3.8, 4) is 0 Å². The van der Waals surface area contributed by atoms with Crippen molar-refractivity contribution in [3.63, 3.8) is 0 Å². The van der Waals surface area contributed by atoms with E-state index in [2.05, 4.69) is 31.3 Å². The van der Waals surface area contributed by atoms with E-state index in [1.807, 2.05) is 6.08 Å². The van der Waals surface area contributed by atoms with Crippen LogP contribution >= 0.6 is 0 Å². The number of hydrogen-bond acceptors (Lipinski definition) is 5. The lowest BCUT2D eigenvalue weighted by Crippen LogP contribution is -2.45. The van der Waals surface area contributed by atoms with E-state index in [0.717, 1.165) is 44.9 Å². The molecule has 0 rings (SSSR count). The molecule has 0 saturated carbocycles. The monoisotopic (exact) mass is 1140 g/mol. The van der Waals surface area contributed by atoms with Crippen molar-refractivity contribution in [2.75, 3.05) is 13.2 Å². The molecule has 0 aliphatic rings. The van der Waals surface area contributed by atoms with Crippen molar-refractivity contribution in [2.24, 2.45) is 0 Å². The van der Waals surface area contributed by atoms with Crippen LogP contribution in [-0.2, 0) is 14.3 Å². The molecular formula is C75H145NO5. The van der Waals surface area contributed by atoms with Gasteiger partial charge in [0.1, 0.15) is 0 Å². The number of carbonyl (C=O) groups excluding carboxylic acids is 2. The van der Waals surface area contributed by atoms with Crippen LogP contribution in [0.3, 0.4) is 0 Å². The Morgan fingerprint density at radius 3 is 0.889 bits per heavy atom. The van der Waals surface area contributed by atoms with Crippen LogP contribution in [0.15, 0.2) is 24.3 Å². The smallest absolute Gasteiger partial charge is 0.305 e. The standard InChI is InChI=1S/C75H145NO5/c1-3-5-7-9-11-13-15-17-18-40-44-47-51-55-59-63-67-73(78)72(71-77)76-74(79)68-64-60-56-52-48-45-41-38-36-34-32-30-28-26-24-22-20-19-21-23-25-27-29-31-33-35-37-39-42-46-50-54-58-62-66-70-81-75(80)69-65-61-57-53-49-43-16-14-12-10-8-6-4-2/h14,16,63,67,72-73,77-78H,3-13,15,17-62,64-66,68-71H2,1-2H3,(H,76,79)/b16-14-,67-63+. The predicted molar refractivity (Wildman–Crippen MR) is 356 cm³/mol. The highest BCUT2D eigenvalue weighted by atomic mass is 16.5. The van der Waals surface area contributed by atoms with Gasteiger partial charge in [0.05, 0.1) is 25.4 Å². The average Bonchev–Trinajstić information content (AvgIpc) is 3.47. The highest BCUT2D eigenvalue weighted by Crippen LogP contribution is 2.19. The van der Waals surface area contributed by atoms with Crippen LogP contribution in [0.2, 0.25) is 0 Å². The lowest BCUT2D eigenvalue weighted by atomic mass is 10.0. The Hall–Kier alpha value is -1.66. The first-order valence-electron chi connectivity index (χ1n) is 37.1. The second kappa shape index (κ2) is 70.8. The van der Waals surface area contributed by atoms with Gasteiger partial charge in [0.25, 0.3) is 0 Å². The predicted octanol–water partition coefficient (Wildman–Crippen LogP) is 24.1. The van der Waals surface area contributed by atoms with Gasteiger partial charge in [-0.1, -0.05) is 372 Å². The average molecular weight is 1140 g/mol. The van der Waals surface area contributed by atoms with Gasteiger partial charge in [-0.2, -0.15) is 0 Å². The Morgan fingerprint density at radius 2 is 0.580 bits per heavy atom. The molecule has 81 heavy (non-hydrogen) atoms. The molecule has 0 bridgehead atoms. The zero-order valence-electron chi connectivity index (χ0n) is 55.0. The maximum atomic E-state index is 12.5. The number of hydrogen-bond donors (Lipinski definition) is 3. The number of unbranched alkanes of at least 4 members (excludes halogenated alkanes) is 57. The zero-order chi connectivity index (χ0) is 58.5. The summed E-state index contributed by atoms with van der Waals surface area (Å²) in [4.78, 5) is 24.5.